The van der Waals surface area contributed by atoms with E-state index >= 15 is 0 Å². The van der Waals surface area contributed by atoms with Gasteiger partial charge in [-0.1, -0.05) is 34.6 Å². The normalized spacial score (nSPS) is 13.1. The Hall–Kier alpha value is -0.280. The van der Waals surface area contributed by atoms with Gasteiger partial charge in [0.05, 0.1) is 0 Å². The maximum Gasteiger partial charge on any atom is 0.222 e. The largest absolute Gasteiger partial charge is 0.345 e. The molecule has 0 fully saturated rings. The highest BCUT2D eigenvalue weighted by Crippen LogP contribution is 2.18. The van der Waals surface area contributed by atoms with Crippen molar-refractivity contribution in [1.29, 1.82) is 0 Å². The molecule has 0 bridgehead atoms. The van der Waals surface area contributed by atoms with Crippen molar-refractivity contribution < 1.29 is 4.79 Å². The third kappa shape index (κ3) is 8.76. The number of nitrogens with zero attached hydrogens (tertiary/aromatic N) is 1. The molecule has 0 aliphatic heterocycles. The molecule has 0 aliphatic carbocycles. The van der Waals surface area contributed by atoms with Crippen LogP contribution in [0.4, 0.5) is 0 Å². The molecule has 2 N–H and O–H groups in total. The maximum atomic E-state index is 12.0. The van der Waals surface area contributed by atoms with E-state index in [1.54, 1.807) is 0 Å². The van der Waals surface area contributed by atoms with E-state index < -0.39 is 0 Å². The molecular formula is C14H31ClN2O. The van der Waals surface area contributed by atoms with Gasteiger partial charge in [-0.05, 0) is 30.2 Å². The summed E-state index contributed by atoms with van der Waals surface area (Å²) >= 11 is 0. The van der Waals surface area contributed by atoms with Crippen LogP contribution in [-0.2, 0) is 4.79 Å². The van der Waals surface area contributed by atoms with Crippen molar-refractivity contribution in [2.45, 2.75) is 47.5 Å². The standard InChI is InChI=1S/C14H30N2O.ClH/c1-11(2)7-12(3)8-13(17)16(6)10-14(4,5)9-15;/h11-12H,7-10,15H2,1-6H3;1H. The minimum Gasteiger partial charge on any atom is -0.345 e. The zero-order chi connectivity index (χ0) is 13.6. The molecule has 0 saturated heterocycles. The second-order valence-corrected chi connectivity index (χ2v) is 6.56. The molecule has 0 aromatic rings. The van der Waals surface area contributed by atoms with Crippen LogP contribution < -0.4 is 5.73 Å². The predicted molar refractivity (Wildman–Crippen MR) is 81.0 cm³/mol. The van der Waals surface area contributed by atoms with Crippen LogP contribution in [0.25, 0.3) is 0 Å². The molecule has 18 heavy (non-hydrogen) atoms. The van der Waals surface area contributed by atoms with E-state index in [-0.39, 0.29) is 23.7 Å². The van der Waals surface area contributed by atoms with Crippen LogP contribution in [0.5, 0.6) is 0 Å². The van der Waals surface area contributed by atoms with Crippen LogP contribution >= 0.6 is 12.4 Å². The molecule has 0 saturated carbocycles. The molecular weight excluding hydrogens is 248 g/mol. The van der Waals surface area contributed by atoms with Crippen molar-refractivity contribution in [2.75, 3.05) is 20.1 Å². The van der Waals surface area contributed by atoms with Crippen molar-refractivity contribution in [3.63, 3.8) is 0 Å². The number of hydrogen-bond acceptors (Lipinski definition) is 2. The number of amides is 1. The summed E-state index contributed by atoms with van der Waals surface area (Å²) in [5.74, 6) is 1.36. The third-order valence-electron chi connectivity index (χ3n) is 3.04. The minimum atomic E-state index is 0. The van der Waals surface area contributed by atoms with E-state index in [4.69, 9.17) is 5.73 Å². The quantitative estimate of drug-likeness (QED) is 0.778. The summed E-state index contributed by atoms with van der Waals surface area (Å²) in [5.41, 5.74) is 5.69. The van der Waals surface area contributed by atoms with E-state index in [0.29, 0.717) is 24.8 Å². The van der Waals surface area contributed by atoms with Gasteiger partial charge in [0.2, 0.25) is 5.91 Å². The Morgan fingerprint density at radius 2 is 1.78 bits per heavy atom. The molecule has 0 rings (SSSR count). The van der Waals surface area contributed by atoms with Gasteiger partial charge in [0.1, 0.15) is 0 Å². The van der Waals surface area contributed by atoms with Crippen LogP contribution in [-0.4, -0.2) is 30.9 Å². The summed E-state index contributed by atoms with van der Waals surface area (Å²) in [6.07, 6.45) is 1.76. The Morgan fingerprint density at radius 3 is 2.17 bits per heavy atom. The van der Waals surface area contributed by atoms with Crippen LogP contribution in [0.3, 0.4) is 0 Å². The Bertz CT molecular complexity index is 242. The van der Waals surface area contributed by atoms with E-state index in [0.717, 1.165) is 13.0 Å². The topological polar surface area (TPSA) is 46.3 Å². The third-order valence-corrected chi connectivity index (χ3v) is 3.04. The second kappa shape index (κ2) is 8.76. The number of halogens is 1. The van der Waals surface area contributed by atoms with E-state index in [2.05, 4.69) is 34.6 Å². The van der Waals surface area contributed by atoms with Gasteiger partial charge < -0.3 is 10.6 Å². The van der Waals surface area contributed by atoms with Gasteiger partial charge in [0.15, 0.2) is 0 Å². The Kier molecular flexibility index (Phi) is 9.75. The molecule has 1 amide bonds. The lowest BCUT2D eigenvalue weighted by molar-refractivity contribution is -0.132. The van der Waals surface area contributed by atoms with Gasteiger partial charge in [-0.25, -0.2) is 0 Å². The highest BCUT2D eigenvalue weighted by atomic mass is 35.5. The molecule has 0 spiro atoms. The molecule has 0 aliphatic rings. The van der Waals surface area contributed by atoms with Crippen molar-refractivity contribution in [3.8, 4) is 0 Å². The van der Waals surface area contributed by atoms with Gasteiger partial charge >= 0.3 is 0 Å². The molecule has 4 heteroatoms. The molecule has 3 nitrogen and oxygen atoms in total. The van der Waals surface area contributed by atoms with Crippen molar-refractivity contribution in [3.05, 3.63) is 0 Å². The average molecular weight is 279 g/mol. The summed E-state index contributed by atoms with van der Waals surface area (Å²) in [5, 5.41) is 0. The fraction of sp³-hybridized carbons (Fsp3) is 0.929. The van der Waals surface area contributed by atoms with E-state index in [1.807, 2.05) is 11.9 Å². The van der Waals surface area contributed by atoms with Crippen molar-refractivity contribution in [2.24, 2.45) is 23.0 Å². The molecule has 0 aromatic heterocycles. The van der Waals surface area contributed by atoms with Crippen LogP contribution in [0.1, 0.15) is 47.5 Å². The summed E-state index contributed by atoms with van der Waals surface area (Å²) < 4.78 is 0. The van der Waals surface area contributed by atoms with Crippen LogP contribution in [0.2, 0.25) is 0 Å². The number of rotatable bonds is 7. The maximum absolute atomic E-state index is 12.0. The number of carbonyl (C=O) groups excluding carboxylic acids is 1. The zero-order valence-corrected chi connectivity index (χ0v) is 13.6. The van der Waals surface area contributed by atoms with Crippen molar-refractivity contribution >= 4 is 18.3 Å². The highest BCUT2D eigenvalue weighted by molar-refractivity contribution is 5.85. The van der Waals surface area contributed by atoms with Crippen molar-refractivity contribution in [1.82, 2.24) is 4.90 Å². The Labute approximate surface area is 119 Å². The van der Waals surface area contributed by atoms with Gasteiger partial charge in [0.25, 0.3) is 0 Å². The van der Waals surface area contributed by atoms with E-state index in [9.17, 15) is 4.79 Å². The number of nitrogens with two attached hydrogens (primary N) is 1. The summed E-state index contributed by atoms with van der Waals surface area (Å²) in [6.45, 7) is 12.1. The predicted octanol–water partition coefficient (Wildman–Crippen LogP) is 2.92. The fourth-order valence-electron chi connectivity index (χ4n) is 2.14. The van der Waals surface area contributed by atoms with Gasteiger partial charge in [-0.3, -0.25) is 4.79 Å². The molecule has 0 radical (unpaired) electrons. The molecule has 0 heterocycles. The fourth-order valence-corrected chi connectivity index (χ4v) is 2.14. The number of carbonyl (C=O) groups is 1. The Balaban J connectivity index is 0. The minimum absolute atomic E-state index is 0. The van der Waals surface area contributed by atoms with Crippen LogP contribution in [0.15, 0.2) is 0 Å². The smallest absolute Gasteiger partial charge is 0.222 e. The first-order chi connectivity index (χ1) is 7.68. The summed E-state index contributed by atoms with van der Waals surface area (Å²) in [6, 6.07) is 0. The van der Waals surface area contributed by atoms with Gasteiger partial charge in [0, 0.05) is 20.0 Å². The lowest BCUT2D eigenvalue weighted by Gasteiger charge is -2.29. The van der Waals surface area contributed by atoms with Crippen LogP contribution in [0, 0.1) is 17.3 Å². The summed E-state index contributed by atoms with van der Waals surface area (Å²) in [4.78, 5) is 13.8. The lowest BCUT2D eigenvalue weighted by atomic mass is 9.92. The molecule has 110 valence electrons. The highest BCUT2D eigenvalue weighted by Gasteiger charge is 2.22. The monoisotopic (exact) mass is 278 g/mol. The number of hydrogen-bond donors (Lipinski definition) is 1. The first kappa shape index (κ1) is 20.0. The second-order valence-electron chi connectivity index (χ2n) is 6.56. The summed E-state index contributed by atoms with van der Waals surface area (Å²) in [7, 11) is 1.88. The molecule has 1 unspecified atom stereocenters. The van der Waals surface area contributed by atoms with Gasteiger partial charge in [-0.2, -0.15) is 0 Å². The van der Waals surface area contributed by atoms with Gasteiger partial charge in [-0.15, -0.1) is 12.4 Å². The van der Waals surface area contributed by atoms with E-state index in [1.165, 1.54) is 0 Å². The molecule has 0 aromatic carbocycles. The Morgan fingerprint density at radius 1 is 1.28 bits per heavy atom. The average Bonchev–Trinajstić information content (AvgIpc) is 2.15. The lowest BCUT2D eigenvalue weighted by Crippen LogP contribution is -2.40. The first-order valence-electron chi connectivity index (χ1n) is 6.62. The SMILES string of the molecule is CC(C)CC(C)CC(=O)N(C)CC(C)(C)CN.Cl. The molecule has 1 atom stereocenters. The zero-order valence-electron chi connectivity index (χ0n) is 12.8. The first-order valence-corrected chi connectivity index (χ1v) is 6.62.